The summed E-state index contributed by atoms with van der Waals surface area (Å²) in [4.78, 5) is 26.3. The van der Waals surface area contributed by atoms with Crippen LogP contribution in [0.15, 0.2) is 35.2 Å². The Morgan fingerprint density at radius 2 is 1.66 bits per heavy atom. The largest absolute Gasteiger partial charge is 0.332 e. The van der Waals surface area contributed by atoms with Gasteiger partial charge in [-0.25, -0.2) is 13.1 Å². The Hall–Kier alpha value is -2.42. The lowest BCUT2D eigenvalue weighted by atomic mass is 10.1. The molecule has 9 heteroatoms. The van der Waals surface area contributed by atoms with E-state index in [9.17, 15) is 18.0 Å². The van der Waals surface area contributed by atoms with Gasteiger partial charge in [0.25, 0.3) is 5.91 Å². The molecule has 0 saturated heterocycles. The highest BCUT2D eigenvalue weighted by molar-refractivity contribution is 7.89. The van der Waals surface area contributed by atoms with Crippen LogP contribution in [0.3, 0.4) is 0 Å². The second kappa shape index (κ2) is 8.94. The summed E-state index contributed by atoms with van der Waals surface area (Å²) in [6.45, 7) is 5.56. The van der Waals surface area contributed by atoms with Crippen LogP contribution in [0.1, 0.15) is 27.0 Å². The van der Waals surface area contributed by atoms with Crippen molar-refractivity contribution in [2.75, 3.05) is 26.0 Å². The Morgan fingerprint density at radius 3 is 2.21 bits per heavy atom. The Bertz CT molecular complexity index is 1040. The molecule has 0 spiro atoms. The number of nitrogens with one attached hydrogen (secondary N) is 2. The van der Waals surface area contributed by atoms with Crippen LogP contribution in [0.4, 0.5) is 5.69 Å². The number of nitrogens with zero attached hydrogens (tertiary/aromatic N) is 1. The van der Waals surface area contributed by atoms with Gasteiger partial charge in [-0.05, 0) is 57.1 Å². The van der Waals surface area contributed by atoms with Crippen LogP contribution in [0.5, 0.6) is 0 Å². The summed E-state index contributed by atoms with van der Waals surface area (Å²) in [5, 5.41) is 2.93. The number of halogens is 1. The average molecular weight is 438 g/mol. The highest BCUT2D eigenvalue weighted by Crippen LogP contribution is 2.23. The first-order chi connectivity index (χ1) is 13.5. The van der Waals surface area contributed by atoms with Gasteiger partial charge < -0.3 is 10.2 Å². The molecular weight excluding hydrogens is 414 g/mol. The second-order valence-corrected chi connectivity index (χ2v) is 9.13. The third-order valence-corrected chi connectivity index (χ3v) is 6.16. The van der Waals surface area contributed by atoms with Crippen LogP contribution >= 0.6 is 11.6 Å². The fourth-order valence-electron chi connectivity index (χ4n) is 3.00. The molecule has 0 aromatic heterocycles. The SMILES string of the molecule is CNS(=O)(=O)c1ccc(Cl)c(C(=O)N(C)CC(=O)Nc2c(C)cc(C)cc2C)c1. The van der Waals surface area contributed by atoms with Crippen LogP contribution < -0.4 is 10.0 Å². The van der Waals surface area contributed by atoms with Crippen molar-refractivity contribution in [3.05, 3.63) is 57.6 Å². The number of anilines is 1. The van der Waals surface area contributed by atoms with E-state index in [0.717, 1.165) is 16.7 Å². The Kier molecular flexibility index (Phi) is 7.05. The van der Waals surface area contributed by atoms with E-state index in [-0.39, 0.29) is 27.9 Å². The minimum atomic E-state index is -3.73. The van der Waals surface area contributed by atoms with Crippen LogP contribution in [0.2, 0.25) is 5.02 Å². The maximum Gasteiger partial charge on any atom is 0.255 e. The highest BCUT2D eigenvalue weighted by Gasteiger charge is 2.21. The molecule has 0 unspecified atom stereocenters. The Balaban J connectivity index is 2.19. The van der Waals surface area contributed by atoms with E-state index in [1.807, 2.05) is 32.9 Å². The van der Waals surface area contributed by atoms with Gasteiger partial charge in [0.2, 0.25) is 15.9 Å². The number of rotatable bonds is 6. The van der Waals surface area contributed by atoms with E-state index < -0.39 is 15.9 Å². The standard InChI is InChI=1S/C20H24ClN3O4S/c1-12-8-13(2)19(14(3)9-12)23-18(25)11-24(5)20(26)16-10-15(6-7-17(16)21)29(27,28)22-4/h6-10,22H,11H2,1-5H3,(H,23,25). The Morgan fingerprint density at radius 1 is 1.07 bits per heavy atom. The zero-order chi connectivity index (χ0) is 21.9. The molecule has 0 atom stereocenters. The average Bonchev–Trinajstić information content (AvgIpc) is 2.64. The molecule has 156 valence electrons. The zero-order valence-corrected chi connectivity index (χ0v) is 18.5. The predicted octanol–water partition coefficient (Wildman–Crippen LogP) is 2.88. The summed E-state index contributed by atoms with van der Waals surface area (Å²) < 4.78 is 26.2. The molecule has 2 rings (SSSR count). The zero-order valence-electron chi connectivity index (χ0n) is 17.0. The van der Waals surface area contributed by atoms with Crippen molar-refractivity contribution in [1.82, 2.24) is 9.62 Å². The third kappa shape index (κ3) is 5.35. The lowest BCUT2D eigenvalue weighted by molar-refractivity contribution is -0.116. The van der Waals surface area contributed by atoms with Crippen molar-refractivity contribution >= 4 is 39.1 Å². The van der Waals surface area contributed by atoms with Gasteiger partial charge in [-0.3, -0.25) is 9.59 Å². The quantitative estimate of drug-likeness (QED) is 0.726. The monoisotopic (exact) mass is 437 g/mol. The summed E-state index contributed by atoms with van der Waals surface area (Å²) in [6, 6.07) is 7.77. The van der Waals surface area contributed by atoms with Crippen molar-refractivity contribution < 1.29 is 18.0 Å². The second-order valence-electron chi connectivity index (χ2n) is 6.83. The molecule has 0 aliphatic rings. The summed E-state index contributed by atoms with van der Waals surface area (Å²) in [6.07, 6.45) is 0. The van der Waals surface area contributed by atoms with Crippen molar-refractivity contribution in [3.8, 4) is 0 Å². The number of benzene rings is 2. The predicted molar refractivity (Wildman–Crippen MR) is 114 cm³/mol. The van der Waals surface area contributed by atoms with Crippen molar-refractivity contribution in [1.29, 1.82) is 0 Å². The Labute approximate surface area is 176 Å². The molecule has 0 fully saturated rings. The van der Waals surface area contributed by atoms with E-state index in [1.165, 1.54) is 37.2 Å². The number of hydrogen-bond acceptors (Lipinski definition) is 4. The smallest absolute Gasteiger partial charge is 0.255 e. The van der Waals surface area contributed by atoms with Crippen LogP contribution in [0, 0.1) is 20.8 Å². The molecule has 2 amide bonds. The topological polar surface area (TPSA) is 95.6 Å². The van der Waals surface area contributed by atoms with Gasteiger partial charge in [0.05, 0.1) is 22.0 Å². The first-order valence-corrected chi connectivity index (χ1v) is 10.7. The summed E-state index contributed by atoms with van der Waals surface area (Å²) in [5.74, 6) is -0.929. The molecule has 0 heterocycles. The molecule has 0 radical (unpaired) electrons. The minimum Gasteiger partial charge on any atom is -0.332 e. The van der Waals surface area contributed by atoms with Gasteiger partial charge >= 0.3 is 0 Å². The first-order valence-electron chi connectivity index (χ1n) is 8.82. The lowest BCUT2D eigenvalue weighted by Crippen LogP contribution is -2.35. The van der Waals surface area contributed by atoms with Gasteiger partial charge in [0, 0.05) is 12.7 Å². The van der Waals surface area contributed by atoms with Gasteiger partial charge in [-0.2, -0.15) is 0 Å². The lowest BCUT2D eigenvalue weighted by Gasteiger charge is -2.19. The van der Waals surface area contributed by atoms with E-state index in [2.05, 4.69) is 10.0 Å². The van der Waals surface area contributed by atoms with E-state index in [4.69, 9.17) is 11.6 Å². The van der Waals surface area contributed by atoms with E-state index in [0.29, 0.717) is 5.69 Å². The molecule has 2 aromatic carbocycles. The number of carbonyl (C=O) groups excluding carboxylic acids is 2. The molecular formula is C20H24ClN3O4S. The van der Waals surface area contributed by atoms with Gasteiger partial charge in [-0.1, -0.05) is 29.3 Å². The number of likely N-dealkylation sites (N-methyl/N-ethyl adjacent to an activating group) is 1. The molecule has 0 aliphatic carbocycles. The first kappa shape index (κ1) is 22.9. The van der Waals surface area contributed by atoms with Gasteiger partial charge in [0.1, 0.15) is 0 Å². The maximum absolute atomic E-state index is 12.7. The third-order valence-electron chi connectivity index (χ3n) is 4.42. The highest BCUT2D eigenvalue weighted by atomic mass is 35.5. The van der Waals surface area contributed by atoms with Gasteiger partial charge in [-0.15, -0.1) is 0 Å². The number of carbonyl (C=O) groups is 2. The summed E-state index contributed by atoms with van der Waals surface area (Å²) >= 11 is 6.09. The van der Waals surface area contributed by atoms with Crippen LogP contribution in [0.25, 0.3) is 0 Å². The van der Waals surface area contributed by atoms with E-state index >= 15 is 0 Å². The number of aryl methyl sites for hydroxylation is 3. The summed E-state index contributed by atoms with van der Waals surface area (Å²) in [5.41, 5.74) is 3.66. The number of amides is 2. The molecule has 7 nitrogen and oxygen atoms in total. The fourth-order valence-corrected chi connectivity index (χ4v) is 3.96. The number of hydrogen-bond donors (Lipinski definition) is 2. The molecule has 0 saturated carbocycles. The fraction of sp³-hybridized carbons (Fsp3) is 0.300. The maximum atomic E-state index is 12.7. The molecule has 29 heavy (non-hydrogen) atoms. The number of sulfonamides is 1. The molecule has 0 aliphatic heterocycles. The van der Waals surface area contributed by atoms with Crippen molar-refractivity contribution in [2.45, 2.75) is 25.7 Å². The van der Waals surface area contributed by atoms with Gasteiger partial charge in [0.15, 0.2) is 0 Å². The molecule has 2 N–H and O–H groups in total. The molecule has 2 aromatic rings. The normalized spacial score (nSPS) is 11.2. The van der Waals surface area contributed by atoms with Crippen molar-refractivity contribution in [3.63, 3.8) is 0 Å². The summed E-state index contributed by atoms with van der Waals surface area (Å²) in [7, 11) is -1.01. The van der Waals surface area contributed by atoms with Crippen LogP contribution in [-0.2, 0) is 14.8 Å². The minimum absolute atomic E-state index is 0.000915. The van der Waals surface area contributed by atoms with E-state index in [1.54, 1.807) is 0 Å². The van der Waals surface area contributed by atoms with Crippen LogP contribution in [-0.4, -0.2) is 45.8 Å². The molecule has 0 bridgehead atoms. The van der Waals surface area contributed by atoms with Crippen molar-refractivity contribution in [2.24, 2.45) is 0 Å².